The van der Waals surface area contributed by atoms with Gasteiger partial charge in [0.2, 0.25) is 0 Å². The Labute approximate surface area is 115 Å². The number of aryl methyl sites for hydroxylation is 1. The van der Waals surface area contributed by atoms with E-state index >= 15 is 0 Å². The molecular formula is C16H23NO2. The Kier molecular flexibility index (Phi) is 4.59. The van der Waals surface area contributed by atoms with Crippen LogP contribution >= 0.6 is 0 Å². The van der Waals surface area contributed by atoms with Crippen molar-refractivity contribution < 1.29 is 9.90 Å². The molecule has 1 aromatic carbocycles. The van der Waals surface area contributed by atoms with E-state index in [1.165, 1.54) is 24.0 Å². The maximum atomic E-state index is 10.8. The van der Waals surface area contributed by atoms with Crippen molar-refractivity contribution in [3.63, 3.8) is 0 Å². The number of hydrogen-bond donors (Lipinski definition) is 1. The third-order valence-corrected chi connectivity index (χ3v) is 3.97. The maximum absolute atomic E-state index is 10.8. The fraction of sp³-hybridized carbons (Fsp3) is 0.562. The van der Waals surface area contributed by atoms with Gasteiger partial charge in [0.25, 0.3) is 0 Å². The minimum Gasteiger partial charge on any atom is -0.481 e. The molecule has 1 saturated carbocycles. The molecule has 0 aliphatic heterocycles. The highest BCUT2D eigenvalue weighted by Gasteiger charge is 2.32. The van der Waals surface area contributed by atoms with Gasteiger partial charge >= 0.3 is 5.97 Å². The quantitative estimate of drug-likeness (QED) is 0.819. The zero-order valence-corrected chi connectivity index (χ0v) is 11.8. The van der Waals surface area contributed by atoms with Gasteiger partial charge in [-0.05, 0) is 37.3 Å². The van der Waals surface area contributed by atoms with E-state index in [4.69, 9.17) is 5.11 Å². The summed E-state index contributed by atoms with van der Waals surface area (Å²) in [6.45, 7) is 4.99. The number of rotatable bonds is 7. The largest absolute Gasteiger partial charge is 0.481 e. The Morgan fingerprint density at radius 2 is 2.00 bits per heavy atom. The molecule has 1 aromatic rings. The van der Waals surface area contributed by atoms with Gasteiger partial charge in [0, 0.05) is 18.6 Å². The standard InChI is InChI=1S/C16H23NO2/c1-3-13-4-6-14(7-5-13)12(2)17(15-8-9-15)11-10-16(18)19/h4-7,12,15H,3,8-11H2,1-2H3,(H,18,19). The van der Waals surface area contributed by atoms with Crippen LogP contribution in [0.1, 0.15) is 50.3 Å². The summed E-state index contributed by atoms with van der Waals surface area (Å²) < 4.78 is 0. The highest BCUT2D eigenvalue weighted by molar-refractivity contribution is 5.66. The molecule has 0 amide bonds. The minimum atomic E-state index is -0.709. The van der Waals surface area contributed by atoms with Crippen LogP contribution < -0.4 is 0 Å². The van der Waals surface area contributed by atoms with Crippen molar-refractivity contribution in [2.75, 3.05) is 6.54 Å². The minimum absolute atomic E-state index is 0.230. The Hall–Kier alpha value is -1.35. The number of benzene rings is 1. The lowest BCUT2D eigenvalue weighted by Crippen LogP contribution is -2.31. The summed E-state index contributed by atoms with van der Waals surface area (Å²) in [5.74, 6) is -0.709. The van der Waals surface area contributed by atoms with Crippen molar-refractivity contribution in [1.29, 1.82) is 0 Å². The molecule has 0 heterocycles. The third-order valence-electron chi connectivity index (χ3n) is 3.97. The van der Waals surface area contributed by atoms with E-state index in [9.17, 15) is 4.79 Å². The molecule has 0 radical (unpaired) electrons. The fourth-order valence-corrected chi connectivity index (χ4v) is 2.55. The molecule has 19 heavy (non-hydrogen) atoms. The predicted octanol–water partition coefficient (Wildman–Crippen LogP) is 3.25. The number of carboxylic acids is 1. The molecule has 1 aliphatic rings. The van der Waals surface area contributed by atoms with E-state index in [2.05, 4.69) is 43.0 Å². The van der Waals surface area contributed by atoms with E-state index in [1.54, 1.807) is 0 Å². The van der Waals surface area contributed by atoms with Gasteiger partial charge in [0.05, 0.1) is 6.42 Å². The van der Waals surface area contributed by atoms with Crippen molar-refractivity contribution >= 4 is 5.97 Å². The topological polar surface area (TPSA) is 40.5 Å². The summed E-state index contributed by atoms with van der Waals surface area (Å²) in [5, 5.41) is 8.86. The van der Waals surface area contributed by atoms with Gasteiger partial charge in [0.15, 0.2) is 0 Å². The summed E-state index contributed by atoms with van der Waals surface area (Å²) >= 11 is 0. The van der Waals surface area contributed by atoms with Gasteiger partial charge in [-0.2, -0.15) is 0 Å². The molecule has 0 saturated heterocycles. The van der Waals surface area contributed by atoms with Gasteiger partial charge in [-0.1, -0.05) is 31.2 Å². The van der Waals surface area contributed by atoms with Crippen molar-refractivity contribution in [3.8, 4) is 0 Å². The van der Waals surface area contributed by atoms with Gasteiger partial charge in [-0.3, -0.25) is 9.69 Å². The van der Waals surface area contributed by atoms with Crippen molar-refractivity contribution in [3.05, 3.63) is 35.4 Å². The van der Waals surface area contributed by atoms with Crippen LogP contribution in [-0.4, -0.2) is 28.6 Å². The molecule has 0 aromatic heterocycles. The highest BCUT2D eigenvalue weighted by Crippen LogP contribution is 2.34. The lowest BCUT2D eigenvalue weighted by molar-refractivity contribution is -0.137. The average molecular weight is 261 g/mol. The molecule has 0 bridgehead atoms. The van der Waals surface area contributed by atoms with E-state index in [0.29, 0.717) is 18.6 Å². The molecule has 3 heteroatoms. The Morgan fingerprint density at radius 1 is 1.37 bits per heavy atom. The van der Waals surface area contributed by atoms with Gasteiger partial charge in [0.1, 0.15) is 0 Å². The lowest BCUT2D eigenvalue weighted by Gasteiger charge is -2.29. The first-order valence-corrected chi connectivity index (χ1v) is 7.18. The number of nitrogens with zero attached hydrogens (tertiary/aromatic N) is 1. The smallest absolute Gasteiger partial charge is 0.304 e. The first-order valence-electron chi connectivity index (χ1n) is 7.18. The van der Waals surface area contributed by atoms with Crippen LogP contribution in [0.25, 0.3) is 0 Å². The van der Waals surface area contributed by atoms with Crippen LogP contribution in [0.5, 0.6) is 0 Å². The first-order chi connectivity index (χ1) is 9.11. The van der Waals surface area contributed by atoms with Crippen molar-refractivity contribution in [1.82, 2.24) is 4.90 Å². The third kappa shape index (κ3) is 3.80. The predicted molar refractivity (Wildman–Crippen MR) is 76.2 cm³/mol. The van der Waals surface area contributed by atoms with Gasteiger partial charge in [-0.15, -0.1) is 0 Å². The van der Waals surface area contributed by atoms with E-state index < -0.39 is 5.97 Å². The average Bonchev–Trinajstić information content (AvgIpc) is 3.23. The van der Waals surface area contributed by atoms with Crippen molar-refractivity contribution in [2.24, 2.45) is 0 Å². The number of aliphatic carboxylic acids is 1. The molecule has 0 spiro atoms. The summed E-state index contributed by atoms with van der Waals surface area (Å²) in [7, 11) is 0. The highest BCUT2D eigenvalue weighted by atomic mass is 16.4. The molecule has 1 atom stereocenters. The number of carboxylic acid groups (broad SMARTS) is 1. The van der Waals surface area contributed by atoms with E-state index in [1.807, 2.05) is 0 Å². The normalized spacial score (nSPS) is 16.6. The van der Waals surface area contributed by atoms with Crippen molar-refractivity contribution in [2.45, 2.75) is 51.6 Å². The summed E-state index contributed by atoms with van der Waals surface area (Å²) in [6, 6.07) is 9.60. The van der Waals surface area contributed by atoms with Crippen LogP contribution in [0.2, 0.25) is 0 Å². The number of carbonyl (C=O) groups is 1. The molecule has 2 rings (SSSR count). The molecule has 104 valence electrons. The Bertz CT molecular complexity index is 423. The zero-order chi connectivity index (χ0) is 13.8. The summed E-state index contributed by atoms with van der Waals surface area (Å²) in [5.41, 5.74) is 2.63. The van der Waals surface area contributed by atoms with Gasteiger partial charge in [-0.25, -0.2) is 0 Å². The Balaban J connectivity index is 2.04. The zero-order valence-electron chi connectivity index (χ0n) is 11.8. The van der Waals surface area contributed by atoms with Crippen LogP contribution in [-0.2, 0) is 11.2 Å². The first kappa shape index (κ1) is 14.1. The molecule has 1 fully saturated rings. The molecule has 3 nitrogen and oxygen atoms in total. The molecule has 1 unspecified atom stereocenters. The second kappa shape index (κ2) is 6.20. The van der Waals surface area contributed by atoms with Crippen LogP contribution in [0, 0.1) is 0 Å². The van der Waals surface area contributed by atoms with Gasteiger partial charge < -0.3 is 5.11 Å². The van der Waals surface area contributed by atoms with E-state index in [-0.39, 0.29) is 6.42 Å². The lowest BCUT2D eigenvalue weighted by atomic mass is 10.0. The van der Waals surface area contributed by atoms with Crippen LogP contribution in [0.3, 0.4) is 0 Å². The maximum Gasteiger partial charge on any atom is 0.304 e. The molecular weight excluding hydrogens is 238 g/mol. The SMILES string of the molecule is CCc1ccc(C(C)N(CCC(=O)O)C2CC2)cc1. The summed E-state index contributed by atoms with van der Waals surface area (Å²) in [4.78, 5) is 13.1. The summed E-state index contributed by atoms with van der Waals surface area (Å²) in [6.07, 6.45) is 3.70. The second-order valence-electron chi connectivity index (χ2n) is 5.38. The monoisotopic (exact) mass is 261 g/mol. The van der Waals surface area contributed by atoms with Crippen LogP contribution in [0.15, 0.2) is 24.3 Å². The number of hydrogen-bond acceptors (Lipinski definition) is 2. The second-order valence-corrected chi connectivity index (χ2v) is 5.38. The fourth-order valence-electron chi connectivity index (χ4n) is 2.55. The Morgan fingerprint density at radius 3 is 2.47 bits per heavy atom. The molecule has 1 aliphatic carbocycles. The van der Waals surface area contributed by atoms with E-state index in [0.717, 1.165) is 6.42 Å². The van der Waals surface area contributed by atoms with Crippen LogP contribution in [0.4, 0.5) is 0 Å². The molecule has 1 N–H and O–H groups in total.